The molecule has 2 amide bonds. The van der Waals surface area contributed by atoms with E-state index in [1.165, 1.54) is 0 Å². The van der Waals surface area contributed by atoms with Gasteiger partial charge in [-0.3, -0.25) is 14.5 Å². The quantitative estimate of drug-likeness (QED) is 0.903. The molecule has 1 aromatic carbocycles. The lowest BCUT2D eigenvalue weighted by molar-refractivity contribution is -0.122. The van der Waals surface area contributed by atoms with Crippen molar-refractivity contribution in [3.63, 3.8) is 0 Å². The first kappa shape index (κ1) is 17.3. The lowest BCUT2D eigenvalue weighted by Crippen LogP contribution is -2.50. The predicted molar refractivity (Wildman–Crippen MR) is 93.9 cm³/mol. The van der Waals surface area contributed by atoms with Crippen LogP contribution < -0.4 is 10.1 Å². The number of carbonyl (C=O) groups excluding carboxylic acids is 2. The number of furan rings is 1. The van der Waals surface area contributed by atoms with E-state index in [4.69, 9.17) is 9.15 Å². The van der Waals surface area contributed by atoms with E-state index in [1.54, 1.807) is 19.1 Å². The number of rotatable bonds is 4. The molecule has 2 aromatic rings. The number of methoxy groups -OCH3 is 1. The van der Waals surface area contributed by atoms with Gasteiger partial charge in [-0.25, -0.2) is 0 Å². The van der Waals surface area contributed by atoms with Gasteiger partial charge >= 0.3 is 0 Å². The average molecular weight is 345 g/mol. The number of piperazine rings is 1. The van der Waals surface area contributed by atoms with Crippen LogP contribution in [0.15, 0.2) is 22.6 Å². The Labute approximate surface area is 146 Å². The summed E-state index contributed by atoms with van der Waals surface area (Å²) in [7, 11) is 3.24. The van der Waals surface area contributed by atoms with Crippen LogP contribution in [0, 0.1) is 6.92 Å². The molecule has 0 atom stereocenters. The molecule has 0 bridgehead atoms. The van der Waals surface area contributed by atoms with Crippen molar-refractivity contribution in [3.05, 3.63) is 29.5 Å². The van der Waals surface area contributed by atoms with Crippen LogP contribution in [0.3, 0.4) is 0 Å². The average Bonchev–Trinajstić information content (AvgIpc) is 2.97. The summed E-state index contributed by atoms with van der Waals surface area (Å²) in [5.41, 5.74) is 1.51. The van der Waals surface area contributed by atoms with Gasteiger partial charge in [0.1, 0.15) is 11.3 Å². The van der Waals surface area contributed by atoms with Crippen molar-refractivity contribution in [1.82, 2.24) is 15.1 Å². The summed E-state index contributed by atoms with van der Waals surface area (Å²) >= 11 is 0. The van der Waals surface area contributed by atoms with E-state index in [-0.39, 0.29) is 11.8 Å². The number of ether oxygens (including phenoxy) is 1. The van der Waals surface area contributed by atoms with Crippen LogP contribution in [-0.2, 0) is 4.79 Å². The van der Waals surface area contributed by atoms with Gasteiger partial charge in [0.2, 0.25) is 5.91 Å². The number of hydrogen-bond donors (Lipinski definition) is 1. The van der Waals surface area contributed by atoms with Crippen LogP contribution in [0.2, 0.25) is 0 Å². The number of carbonyl (C=O) groups is 2. The summed E-state index contributed by atoms with van der Waals surface area (Å²) in [6.45, 7) is 4.76. The normalized spacial score (nSPS) is 15.4. The summed E-state index contributed by atoms with van der Waals surface area (Å²) in [6, 6.07) is 5.52. The molecule has 1 N–H and O–H groups in total. The molecule has 7 heteroatoms. The van der Waals surface area contributed by atoms with Crippen LogP contribution in [-0.4, -0.2) is 68.5 Å². The third-order valence-corrected chi connectivity index (χ3v) is 4.64. The molecule has 1 aliphatic heterocycles. The van der Waals surface area contributed by atoms with E-state index in [0.29, 0.717) is 44.1 Å². The Balaban J connectivity index is 1.73. The summed E-state index contributed by atoms with van der Waals surface area (Å²) in [4.78, 5) is 28.1. The number of hydrogen-bond acceptors (Lipinski definition) is 5. The van der Waals surface area contributed by atoms with E-state index in [1.807, 2.05) is 30.0 Å². The highest BCUT2D eigenvalue weighted by molar-refractivity contribution is 5.99. The Hall–Kier alpha value is -2.54. The van der Waals surface area contributed by atoms with Gasteiger partial charge in [-0.1, -0.05) is 0 Å². The van der Waals surface area contributed by atoms with Crippen LogP contribution in [0.1, 0.15) is 16.1 Å². The molecule has 0 aliphatic carbocycles. The van der Waals surface area contributed by atoms with E-state index < -0.39 is 0 Å². The van der Waals surface area contributed by atoms with Crippen molar-refractivity contribution in [3.8, 4) is 5.75 Å². The zero-order valence-electron chi connectivity index (χ0n) is 14.8. The lowest BCUT2D eigenvalue weighted by Gasteiger charge is -2.33. The predicted octanol–water partition coefficient (Wildman–Crippen LogP) is 1.25. The molecule has 0 saturated carbocycles. The van der Waals surface area contributed by atoms with E-state index in [2.05, 4.69) is 5.32 Å². The zero-order valence-corrected chi connectivity index (χ0v) is 14.8. The van der Waals surface area contributed by atoms with E-state index >= 15 is 0 Å². The molecule has 3 rings (SSSR count). The second kappa shape index (κ2) is 7.14. The highest BCUT2D eigenvalue weighted by Crippen LogP contribution is 2.29. The second-order valence-electron chi connectivity index (χ2n) is 6.16. The number of aryl methyl sites for hydroxylation is 1. The Kier molecular flexibility index (Phi) is 4.94. The molecular weight excluding hydrogens is 322 g/mol. The fourth-order valence-corrected chi connectivity index (χ4v) is 3.07. The molecule has 0 radical (unpaired) electrons. The molecule has 0 spiro atoms. The van der Waals surface area contributed by atoms with Gasteiger partial charge in [0.05, 0.1) is 13.7 Å². The minimum absolute atomic E-state index is 0.0122. The van der Waals surface area contributed by atoms with Crippen LogP contribution in [0.25, 0.3) is 11.0 Å². The fraction of sp³-hybridized carbons (Fsp3) is 0.444. The number of nitrogens with zero attached hydrogens (tertiary/aromatic N) is 2. The number of benzene rings is 1. The summed E-state index contributed by atoms with van der Waals surface area (Å²) in [6.07, 6.45) is 0. The van der Waals surface area contributed by atoms with Crippen molar-refractivity contribution < 1.29 is 18.7 Å². The maximum Gasteiger partial charge on any atom is 0.289 e. The minimum atomic E-state index is -0.104. The van der Waals surface area contributed by atoms with Crippen molar-refractivity contribution >= 4 is 22.8 Å². The summed E-state index contributed by atoms with van der Waals surface area (Å²) < 4.78 is 11.0. The van der Waals surface area contributed by atoms with Crippen molar-refractivity contribution in [1.29, 1.82) is 0 Å². The number of fused-ring (bicyclic) bond motifs is 1. The Morgan fingerprint density at radius 2 is 1.96 bits per heavy atom. The number of nitrogens with one attached hydrogen (secondary N) is 1. The molecule has 1 saturated heterocycles. The van der Waals surface area contributed by atoms with Gasteiger partial charge in [-0.2, -0.15) is 0 Å². The Bertz CT molecular complexity index is 791. The van der Waals surface area contributed by atoms with Gasteiger partial charge in [0.25, 0.3) is 5.91 Å². The molecule has 1 aliphatic rings. The molecule has 1 fully saturated rings. The van der Waals surface area contributed by atoms with Gasteiger partial charge < -0.3 is 19.4 Å². The summed E-state index contributed by atoms with van der Waals surface area (Å²) in [5.74, 6) is 0.996. The molecule has 25 heavy (non-hydrogen) atoms. The molecule has 0 unspecified atom stereocenters. The molecule has 2 heterocycles. The van der Waals surface area contributed by atoms with Crippen molar-refractivity contribution in [2.45, 2.75) is 6.92 Å². The van der Waals surface area contributed by atoms with Gasteiger partial charge in [0.15, 0.2) is 5.76 Å². The summed E-state index contributed by atoms with van der Waals surface area (Å²) in [5, 5.41) is 3.51. The fourth-order valence-electron chi connectivity index (χ4n) is 3.07. The Morgan fingerprint density at radius 1 is 1.24 bits per heavy atom. The highest BCUT2D eigenvalue weighted by Gasteiger charge is 2.27. The first-order valence-electron chi connectivity index (χ1n) is 8.33. The van der Waals surface area contributed by atoms with Crippen molar-refractivity contribution in [2.75, 3.05) is 46.9 Å². The smallest absolute Gasteiger partial charge is 0.289 e. The minimum Gasteiger partial charge on any atom is -0.497 e. The molecule has 1 aromatic heterocycles. The molecule has 7 nitrogen and oxygen atoms in total. The number of likely N-dealkylation sites (N-methyl/N-ethyl adjacent to an activating group) is 1. The zero-order chi connectivity index (χ0) is 18.0. The van der Waals surface area contributed by atoms with Gasteiger partial charge in [0, 0.05) is 44.2 Å². The monoisotopic (exact) mass is 345 g/mol. The largest absolute Gasteiger partial charge is 0.497 e. The van der Waals surface area contributed by atoms with E-state index in [9.17, 15) is 9.59 Å². The van der Waals surface area contributed by atoms with E-state index in [0.717, 1.165) is 16.7 Å². The standard InChI is InChI=1S/C18H23N3O4/c1-12-14-10-13(24-3)4-5-15(14)25-17(12)18(23)21-8-6-20(7-9-21)11-16(22)19-2/h4-5,10H,6-9,11H2,1-3H3,(H,19,22). The maximum absolute atomic E-state index is 12.8. The first-order valence-corrected chi connectivity index (χ1v) is 8.33. The number of amides is 2. The van der Waals surface area contributed by atoms with Crippen LogP contribution in [0.4, 0.5) is 0 Å². The maximum atomic E-state index is 12.8. The second-order valence-corrected chi connectivity index (χ2v) is 6.16. The third kappa shape index (κ3) is 3.46. The first-order chi connectivity index (χ1) is 12.0. The molecular formula is C18H23N3O4. The van der Waals surface area contributed by atoms with Gasteiger partial charge in [-0.05, 0) is 25.1 Å². The van der Waals surface area contributed by atoms with Gasteiger partial charge in [-0.15, -0.1) is 0 Å². The van der Waals surface area contributed by atoms with Crippen molar-refractivity contribution in [2.24, 2.45) is 0 Å². The SMILES string of the molecule is CNC(=O)CN1CCN(C(=O)c2oc3ccc(OC)cc3c2C)CC1. The Morgan fingerprint density at radius 3 is 2.60 bits per heavy atom. The topological polar surface area (TPSA) is 75.0 Å². The lowest BCUT2D eigenvalue weighted by atomic mass is 10.1. The molecule has 134 valence electrons. The van der Waals surface area contributed by atoms with Crippen LogP contribution in [0.5, 0.6) is 5.75 Å². The highest BCUT2D eigenvalue weighted by atomic mass is 16.5. The van der Waals surface area contributed by atoms with Crippen LogP contribution >= 0.6 is 0 Å². The third-order valence-electron chi connectivity index (χ3n) is 4.64.